The molecule has 0 aromatic carbocycles. The highest BCUT2D eigenvalue weighted by Crippen LogP contribution is 2.29. The van der Waals surface area contributed by atoms with E-state index < -0.39 is 11.7 Å². The van der Waals surface area contributed by atoms with Crippen molar-refractivity contribution in [2.45, 2.75) is 26.9 Å². The third-order valence-electron chi connectivity index (χ3n) is 1.45. The molecule has 0 aliphatic carbocycles. The molecule has 1 rings (SSSR count). The van der Waals surface area contributed by atoms with E-state index in [2.05, 4.69) is 17.6 Å². The van der Waals surface area contributed by atoms with Crippen molar-refractivity contribution < 1.29 is 13.2 Å². The first-order chi connectivity index (χ1) is 7.41. The van der Waals surface area contributed by atoms with Gasteiger partial charge in [-0.2, -0.15) is 25.8 Å². The van der Waals surface area contributed by atoms with Gasteiger partial charge in [-0.25, -0.2) is 4.98 Å². The van der Waals surface area contributed by atoms with Crippen molar-refractivity contribution in [1.82, 2.24) is 4.98 Å². The van der Waals surface area contributed by atoms with Crippen molar-refractivity contribution in [1.29, 1.82) is 0 Å². The number of anilines is 1. The van der Waals surface area contributed by atoms with Gasteiger partial charge in [0.1, 0.15) is 5.82 Å². The fraction of sp³-hybridized carbons (Fsp3) is 0.500. The molecule has 0 spiro atoms. The summed E-state index contributed by atoms with van der Waals surface area (Å²) >= 11 is 3.53. The van der Waals surface area contributed by atoms with Crippen LogP contribution in [-0.4, -0.2) is 11.2 Å². The Morgan fingerprint density at radius 3 is 2.00 bits per heavy atom. The predicted molar refractivity (Wildman–Crippen MR) is 64.6 cm³/mol. The normalized spacial score (nSPS) is 9.50. The first kappa shape index (κ1) is 17.5. The summed E-state index contributed by atoms with van der Waals surface area (Å²) in [6.45, 7) is 5.48. The second-order valence-corrected chi connectivity index (χ2v) is 2.42. The summed E-state index contributed by atoms with van der Waals surface area (Å²) in [5, 5.41) is 0. The molecule has 1 heterocycles. The van der Waals surface area contributed by atoms with Gasteiger partial charge in [0.25, 0.3) is 0 Å². The van der Waals surface area contributed by atoms with Gasteiger partial charge in [0, 0.05) is 6.20 Å². The molecule has 0 amide bonds. The maximum Gasteiger partial charge on any atom is 0.417 e. The van der Waals surface area contributed by atoms with Crippen LogP contribution in [0.4, 0.5) is 19.0 Å². The number of aromatic nitrogens is 1. The molecule has 1 aromatic heterocycles. The third kappa shape index (κ3) is 5.85. The Morgan fingerprint density at radius 2 is 1.69 bits per heavy atom. The van der Waals surface area contributed by atoms with Crippen LogP contribution in [0.15, 0.2) is 12.3 Å². The number of hydrogen-bond donors (Lipinski definition) is 2. The van der Waals surface area contributed by atoms with Crippen LogP contribution in [-0.2, 0) is 6.18 Å². The van der Waals surface area contributed by atoms with Crippen molar-refractivity contribution in [2.75, 3.05) is 12.0 Å². The van der Waals surface area contributed by atoms with Crippen LogP contribution in [0.3, 0.4) is 0 Å². The lowest BCUT2D eigenvalue weighted by molar-refractivity contribution is -0.137. The molecule has 0 aliphatic heterocycles. The number of halogens is 3. The van der Waals surface area contributed by atoms with Gasteiger partial charge in [-0.1, -0.05) is 13.8 Å². The number of nitrogen functional groups attached to an aromatic ring is 1. The topological polar surface area (TPSA) is 38.9 Å². The highest BCUT2D eigenvalue weighted by atomic mass is 32.1. The molecule has 94 valence electrons. The Bertz CT molecular complexity index is 301. The molecule has 0 bridgehead atoms. The molecule has 2 nitrogen and oxygen atoms in total. The number of pyridine rings is 1. The van der Waals surface area contributed by atoms with Gasteiger partial charge in [-0.05, 0) is 24.8 Å². The Labute approximate surface area is 99.5 Å². The fourth-order valence-electron chi connectivity index (χ4n) is 0.740. The fourth-order valence-corrected chi connectivity index (χ4v) is 0.740. The van der Waals surface area contributed by atoms with Gasteiger partial charge in [-0.15, -0.1) is 0 Å². The van der Waals surface area contributed by atoms with Gasteiger partial charge in [0.15, 0.2) is 0 Å². The van der Waals surface area contributed by atoms with Crippen LogP contribution >= 0.6 is 12.6 Å². The van der Waals surface area contributed by atoms with Crippen molar-refractivity contribution in [3.63, 3.8) is 0 Å². The van der Waals surface area contributed by atoms with E-state index in [1.165, 1.54) is 6.92 Å². The van der Waals surface area contributed by atoms with E-state index in [0.717, 1.165) is 12.3 Å². The number of nitrogens with zero attached hydrogens (tertiary/aromatic N) is 1. The number of alkyl halides is 3. The van der Waals surface area contributed by atoms with E-state index in [9.17, 15) is 13.2 Å². The van der Waals surface area contributed by atoms with Gasteiger partial charge in [0.2, 0.25) is 0 Å². The molecule has 0 saturated carbocycles. The molecule has 0 unspecified atom stereocenters. The van der Waals surface area contributed by atoms with Crippen molar-refractivity contribution in [2.24, 2.45) is 0 Å². The van der Waals surface area contributed by atoms with Crippen LogP contribution in [0, 0.1) is 6.92 Å². The minimum Gasteiger partial charge on any atom is -0.383 e. The van der Waals surface area contributed by atoms with E-state index in [4.69, 9.17) is 5.73 Å². The van der Waals surface area contributed by atoms with Crippen molar-refractivity contribution >= 4 is 18.4 Å². The Hall–Kier alpha value is -0.910. The van der Waals surface area contributed by atoms with E-state index >= 15 is 0 Å². The summed E-state index contributed by atoms with van der Waals surface area (Å²) < 4.78 is 36.1. The minimum absolute atomic E-state index is 0.128. The molecule has 0 aliphatic rings. The molecule has 6 heteroatoms. The third-order valence-corrected chi connectivity index (χ3v) is 1.45. The summed E-state index contributed by atoms with van der Waals surface area (Å²) in [7, 11) is 0. The van der Waals surface area contributed by atoms with Crippen molar-refractivity contribution in [3.05, 3.63) is 23.4 Å². The number of aryl methyl sites for hydroxylation is 1. The zero-order chi connectivity index (χ0) is 13.4. The maximum absolute atomic E-state index is 12.0. The lowest BCUT2D eigenvalue weighted by atomic mass is 10.2. The molecule has 0 atom stereocenters. The van der Waals surface area contributed by atoms with Gasteiger partial charge >= 0.3 is 6.18 Å². The Kier molecular flexibility index (Phi) is 9.03. The zero-order valence-corrected chi connectivity index (χ0v) is 10.7. The van der Waals surface area contributed by atoms with E-state index in [-0.39, 0.29) is 5.82 Å². The van der Waals surface area contributed by atoms with E-state index in [1.807, 2.05) is 13.8 Å². The minimum atomic E-state index is -4.34. The Morgan fingerprint density at radius 1 is 1.25 bits per heavy atom. The van der Waals surface area contributed by atoms with Crippen LogP contribution in [0.25, 0.3) is 0 Å². The molecular weight excluding hydrogens is 237 g/mol. The average molecular weight is 254 g/mol. The number of thiol groups is 1. The van der Waals surface area contributed by atoms with Gasteiger partial charge < -0.3 is 5.73 Å². The molecule has 0 radical (unpaired) electrons. The SMILES string of the molecule is CC.CS.Cc1cc(C(F)(F)F)cnc1N. The summed E-state index contributed by atoms with van der Waals surface area (Å²) in [5.41, 5.74) is 4.82. The van der Waals surface area contributed by atoms with Crippen LogP contribution in [0.1, 0.15) is 25.0 Å². The second-order valence-electron chi connectivity index (χ2n) is 2.42. The van der Waals surface area contributed by atoms with Crippen LogP contribution in [0.5, 0.6) is 0 Å². The molecule has 16 heavy (non-hydrogen) atoms. The summed E-state index contributed by atoms with van der Waals surface area (Å²) in [4.78, 5) is 3.40. The first-order valence-electron chi connectivity index (χ1n) is 4.65. The lowest BCUT2D eigenvalue weighted by Crippen LogP contribution is -2.07. The molecule has 1 aromatic rings. The van der Waals surface area contributed by atoms with E-state index in [0.29, 0.717) is 5.56 Å². The highest BCUT2D eigenvalue weighted by molar-refractivity contribution is 7.79. The molecule has 0 saturated heterocycles. The highest BCUT2D eigenvalue weighted by Gasteiger charge is 2.31. The van der Waals surface area contributed by atoms with Crippen molar-refractivity contribution in [3.8, 4) is 0 Å². The molecule has 0 fully saturated rings. The van der Waals surface area contributed by atoms with Crippen LogP contribution in [0.2, 0.25) is 0 Å². The van der Waals surface area contributed by atoms with Gasteiger partial charge in [0.05, 0.1) is 5.56 Å². The van der Waals surface area contributed by atoms with E-state index in [1.54, 1.807) is 6.26 Å². The standard InChI is InChI=1S/C7H7F3N2.C2H6.CH4S/c1-4-2-5(7(8,9)10)3-12-6(4)11;2*1-2/h2-3H,1H3,(H2,11,12);1-2H3;2H,1H3. The van der Waals surface area contributed by atoms with Gasteiger partial charge in [-0.3, -0.25) is 0 Å². The summed E-state index contributed by atoms with van der Waals surface area (Å²) in [5.74, 6) is 0.128. The second kappa shape index (κ2) is 8.27. The number of hydrogen-bond acceptors (Lipinski definition) is 3. The molecule has 2 N–H and O–H groups in total. The quantitative estimate of drug-likeness (QED) is 0.695. The summed E-state index contributed by atoms with van der Waals surface area (Å²) in [6.07, 6.45) is -1.92. The average Bonchev–Trinajstić information content (AvgIpc) is 2.26. The monoisotopic (exact) mass is 254 g/mol. The number of rotatable bonds is 0. The largest absolute Gasteiger partial charge is 0.417 e. The maximum atomic E-state index is 12.0. The first-order valence-corrected chi connectivity index (χ1v) is 5.55. The Balaban J connectivity index is 0. The summed E-state index contributed by atoms with van der Waals surface area (Å²) in [6, 6.07) is 0.975. The number of nitrogens with two attached hydrogens (primary N) is 1. The predicted octanol–water partition coefficient (Wildman–Crippen LogP) is 3.56. The zero-order valence-electron chi connectivity index (χ0n) is 9.76. The molecular formula is C10H17F3N2S. The smallest absolute Gasteiger partial charge is 0.383 e. The van der Waals surface area contributed by atoms with Crippen LogP contribution < -0.4 is 5.73 Å². The lowest BCUT2D eigenvalue weighted by Gasteiger charge is -2.07.